The Morgan fingerprint density at radius 3 is 2.74 bits per heavy atom. The van der Waals surface area contributed by atoms with Crippen LogP contribution in [0.3, 0.4) is 0 Å². The van der Waals surface area contributed by atoms with Crippen molar-refractivity contribution in [3.8, 4) is 10.4 Å². The summed E-state index contributed by atoms with van der Waals surface area (Å²) in [7, 11) is 0. The first-order valence-corrected chi connectivity index (χ1v) is 8.90. The van der Waals surface area contributed by atoms with Crippen molar-refractivity contribution in [2.24, 2.45) is 0 Å². The molecule has 2 N–H and O–H groups in total. The van der Waals surface area contributed by atoms with Gasteiger partial charge in [0.2, 0.25) is 0 Å². The molecule has 0 aliphatic carbocycles. The van der Waals surface area contributed by atoms with Gasteiger partial charge in [0.25, 0.3) is 5.56 Å². The molecule has 1 aromatic carbocycles. The number of hydrogen-bond donors (Lipinski definition) is 2. The maximum Gasteiger partial charge on any atom is 0.432 e. The van der Waals surface area contributed by atoms with E-state index in [9.17, 15) is 9.59 Å². The number of nitrogens with one attached hydrogen (secondary N) is 1. The topological polar surface area (TPSA) is 101 Å². The third-order valence-corrected chi connectivity index (χ3v) is 5.15. The predicted molar refractivity (Wildman–Crippen MR) is 105 cm³/mol. The van der Waals surface area contributed by atoms with Gasteiger partial charge < -0.3 is 10.1 Å². The predicted octanol–water partition coefficient (Wildman–Crippen LogP) is 3.85. The van der Waals surface area contributed by atoms with Crippen LogP contribution < -0.4 is 5.56 Å². The number of benzene rings is 1. The number of hydrogen-bond acceptors (Lipinski definition) is 5. The number of rotatable bonds is 3. The van der Waals surface area contributed by atoms with Gasteiger partial charge >= 0.3 is 6.09 Å². The van der Waals surface area contributed by atoms with Gasteiger partial charge in [-0.2, -0.15) is 9.78 Å². The van der Waals surface area contributed by atoms with Crippen molar-refractivity contribution < 1.29 is 9.90 Å². The minimum atomic E-state index is -1.16. The van der Waals surface area contributed by atoms with E-state index in [-0.39, 0.29) is 5.56 Å². The Hall–Kier alpha value is -3.52. The van der Waals surface area contributed by atoms with E-state index in [1.165, 1.54) is 17.5 Å². The Bertz CT molecular complexity index is 1240. The smallest absolute Gasteiger partial charge is 0.432 e. The minimum absolute atomic E-state index is 0.229. The summed E-state index contributed by atoms with van der Waals surface area (Å²) in [6.45, 7) is 1.73. The molecule has 3 aromatic heterocycles. The van der Waals surface area contributed by atoms with E-state index in [1.54, 1.807) is 19.1 Å². The van der Waals surface area contributed by atoms with Crippen LogP contribution in [0.1, 0.15) is 17.1 Å². The number of H-pyrrole nitrogens is 1. The summed E-state index contributed by atoms with van der Waals surface area (Å²) in [5, 5.41) is 13.0. The molecule has 0 radical (unpaired) electrons. The Morgan fingerprint density at radius 1 is 1.26 bits per heavy atom. The van der Waals surface area contributed by atoms with E-state index in [1.807, 2.05) is 36.4 Å². The highest BCUT2D eigenvalue weighted by Crippen LogP contribution is 2.32. The number of carbonyl (C=O) groups is 1. The van der Waals surface area contributed by atoms with Gasteiger partial charge in [0.15, 0.2) is 0 Å². The van der Waals surface area contributed by atoms with Crippen molar-refractivity contribution in [2.75, 3.05) is 0 Å². The van der Waals surface area contributed by atoms with Crippen LogP contribution in [-0.4, -0.2) is 30.9 Å². The van der Waals surface area contributed by atoms with E-state index in [0.717, 1.165) is 15.1 Å². The average Bonchev–Trinajstić information content (AvgIpc) is 3.24. The molecule has 0 aliphatic rings. The highest BCUT2D eigenvalue weighted by Gasteiger charge is 2.15. The number of carboxylic acid groups (broad SMARTS) is 1. The summed E-state index contributed by atoms with van der Waals surface area (Å²) >= 11 is 1.26. The molecular formula is C19H14N4O3S. The Labute approximate surface area is 157 Å². The van der Waals surface area contributed by atoms with Crippen LogP contribution in [0.25, 0.3) is 32.8 Å². The molecule has 0 amide bonds. The third kappa shape index (κ3) is 3.30. The summed E-state index contributed by atoms with van der Waals surface area (Å²) in [5.74, 6) is 0.457. The lowest BCUT2D eigenvalue weighted by Gasteiger charge is -1.94. The highest BCUT2D eigenvalue weighted by molar-refractivity contribution is 7.22. The molecule has 27 heavy (non-hydrogen) atoms. The SMILES string of the molecule is Cc1nn(C(=O)O)cc1-c1cc2nc(/C=C/c3ccccc3)[nH]c(=O)c2s1. The van der Waals surface area contributed by atoms with Gasteiger partial charge in [-0.25, -0.2) is 9.78 Å². The second-order valence-electron chi connectivity index (χ2n) is 5.88. The molecule has 0 aliphatic heterocycles. The minimum Gasteiger partial charge on any atom is -0.463 e. The molecule has 0 saturated heterocycles. The molecule has 134 valence electrons. The molecule has 0 saturated carbocycles. The maximum absolute atomic E-state index is 12.4. The molecule has 3 heterocycles. The lowest BCUT2D eigenvalue weighted by atomic mass is 10.2. The van der Waals surface area contributed by atoms with Crippen molar-refractivity contribution in [3.63, 3.8) is 0 Å². The number of fused-ring (bicyclic) bond motifs is 1. The van der Waals surface area contributed by atoms with Crippen LogP contribution in [0.2, 0.25) is 0 Å². The largest absolute Gasteiger partial charge is 0.463 e. The molecule has 0 bridgehead atoms. The zero-order chi connectivity index (χ0) is 19.0. The summed E-state index contributed by atoms with van der Waals surface area (Å²) < 4.78 is 1.35. The zero-order valence-electron chi connectivity index (χ0n) is 14.2. The quantitative estimate of drug-likeness (QED) is 0.564. The highest BCUT2D eigenvalue weighted by atomic mass is 32.1. The number of aromatic nitrogens is 4. The summed E-state index contributed by atoms with van der Waals surface area (Å²) in [6, 6.07) is 11.5. The van der Waals surface area contributed by atoms with E-state index in [0.29, 0.717) is 27.3 Å². The van der Waals surface area contributed by atoms with Gasteiger partial charge in [0.05, 0.1) is 11.2 Å². The standard InChI is InChI=1S/C19H14N4O3S/c1-11-13(10-23(22-11)19(25)26)15-9-14-17(27-15)18(24)21-16(20-14)8-7-12-5-3-2-4-6-12/h2-10H,1H3,(H,25,26)(H,20,21,24)/b8-7+. The van der Waals surface area contributed by atoms with Crippen molar-refractivity contribution in [1.82, 2.24) is 19.7 Å². The monoisotopic (exact) mass is 378 g/mol. The summed E-state index contributed by atoms with van der Waals surface area (Å²) in [5.41, 5.74) is 2.58. The first-order valence-electron chi connectivity index (χ1n) is 8.08. The van der Waals surface area contributed by atoms with Crippen LogP contribution >= 0.6 is 11.3 Å². The van der Waals surface area contributed by atoms with Crippen LogP contribution in [-0.2, 0) is 0 Å². The molecular weight excluding hydrogens is 364 g/mol. The van der Waals surface area contributed by atoms with Crippen LogP contribution in [0.4, 0.5) is 4.79 Å². The van der Waals surface area contributed by atoms with Crippen molar-refractivity contribution in [2.45, 2.75) is 6.92 Å². The van der Waals surface area contributed by atoms with E-state index in [4.69, 9.17) is 5.11 Å². The molecule has 0 fully saturated rings. The molecule has 8 heteroatoms. The Morgan fingerprint density at radius 2 is 2.04 bits per heavy atom. The van der Waals surface area contributed by atoms with Gasteiger partial charge in [0, 0.05) is 16.6 Å². The number of thiophene rings is 1. The first kappa shape index (κ1) is 16.9. The summed E-state index contributed by atoms with van der Waals surface area (Å²) in [4.78, 5) is 31.5. The molecule has 0 unspecified atom stereocenters. The van der Waals surface area contributed by atoms with Gasteiger partial charge in [-0.05, 0) is 24.6 Å². The number of aromatic amines is 1. The zero-order valence-corrected chi connectivity index (χ0v) is 15.0. The number of nitrogens with zero attached hydrogens (tertiary/aromatic N) is 3. The van der Waals surface area contributed by atoms with Gasteiger partial charge in [-0.15, -0.1) is 11.3 Å². The Kier molecular flexibility index (Phi) is 4.17. The van der Waals surface area contributed by atoms with E-state index >= 15 is 0 Å². The lowest BCUT2D eigenvalue weighted by molar-refractivity contribution is 0.192. The summed E-state index contributed by atoms with van der Waals surface area (Å²) in [6.07, 6.45) is 3.90. The fraction of sp³-hybridized carbons (Fsp3) is 0.0526. The van der Waals surface area contributed by atoms with E-state index < -0.39 is 6.09 Å². The maximum atomic E-state index is 12.4. The van der Waals surface area contributed by atoms with E-state index in [2.05, 4.69) is 15.1 Å². The van der Waals surface area contributed by atoms with Crippen molar-refractivity contribution in [1.29, 1.82) is 0 Å². The molecule has 7 nitrogen and oxygen atoms in total. The Balaban J connectivity index is 1.75. The fourth-order valence-electron chi connectivity index (χ4n) is 2.71. The third-order valence-electron chi connectivity index (χ3n) is 3.99. The normalized spacial score (nSPS) is 11.4. The second kappa shape index (κ2) is 6.65. The van der Waals surface area contributed by atoms with Gasteiger partial charge in [0.1, 0.15) is 10.5 Å². The van der Waals surface area contributed by atoms with Crippen molar-refractivity contribution >= 4 is 39.8 Å². The number of aryl methyl sites for hydroxylation is 1. The fourth-order valence-corrected chi connectivity index (χ4v) is 3.76. The average molecular weight is 378 g/mol. The lowest BCUT2D eigenvalue weighted by Crippen LogP contribution is -2.07. The van der Waals surface area contributed by atoms with Crippen molar-refractivity contribution in [3.05, 3.63) is 70.0 Å². The van der Waals surface area contributed by atoms with Gasteiger partial charge in [-0.3, -0.25) is 4.79 Å². The van der Waals surface area contributed by atoms with Gasteiger partial charge in [-0.1, -0.05) is 36.4 Å². The first-order chi connectivity index (χ1) is 13.0. The van der Waals surface area contributed by atoms with Crippen LogP contribution in [0.15, 0.2) is 47.4 Å². The van der Waals surface area contributed by atoms with Crippen LogP contribution in [0, 0.1) is 6.92 Å². The molecule has 4 aromatic rings. The molecule has 0 spiro atoms. The van der Waals surface area contributed by atoms with Crippen LogP contribution in [0.5, 0.6) is 0 Å². The second-order valence-corrected chi connectivity index (χ2v) is 6.93. The molecule has 4 rings (SSSR count). The molecule has 0 atom stereocenters.